The molecule has 2 aliphatic rings. The molecule has 2 unspecified atom stereocenters. The molecule has 20 heavy (non-hydrogen) atoms. The molecule has 1 aliphatic heterocycles. The Morgan fingerprint density at radius 3 is 2.95 bits per heavy atom. The number of hydrogen-bond acceptors (Lipinski definition) is 4. The number of rotatable bonds is 3. The monoisotopic (exact) mass is 315 g/mol. The number of thiophene rings is 1. The highest BCUT2D eigenvalue weighted by Crippen LogP contribution is 2.35. The fourth-order valence-electron chi connectivity index (χ4n) is 3.20. The van der Waals surface area contributed by atoms with Crippen molar-refractivity contribution >= 4 is 27.3 Å². The molecular formula is C13H17NO4S2. The molecule has 5 nitrogen and oxygen atoms in total. The first-order valence-electron chi connectivity index (χ1n) is 6.77. The van der Waals surface area contributed by atoms with E-state index < -0.39 is 27.2 Å². The van der Waals surface area contributed by atoms with E-state index in [-0.39, 0.29) is 0 Å². The lowest BCUT2D eigenvalue weighted by molar-refractivity contribution is -0.141. The van der Waals surface area contributed by atoms with Crippen molar-refractivity contribution in [2.24, 2.45) is 5.92 Å². The van der Waals surface area contributed by atoms with Crippen molar-refractivity contribution in [1.82, 2.24) is 4.31 Å². The predicted octanol–water partition coefficient (Wildman–Crippen LogP) is 1.69. The first-order valence-corrected chi connectivity index (χ1v) is 9.15. The third kappa shape index (κ3) is 2.27. The van der Waals surface area contributed by atoms with Crippen LogP contribution in [-0.2, 0) is 27.8 Å². The van der Waals surface area contributed by atoms with Crippen LogP contribution in [-0.4, -0.2) is 35.6 Å². The molecule has 0 bridgehead atoms. The van der Waals surface area contributed by atoms with Gasteiger partial charge in [-0.25, -0.2) is 8.42 Å². The number of carboxylic acid groups (broad SMARTS) is 1. The van der Waals surface area contributed by atoms with Crippen molar-refractivity contribution < 1.29 is 18.3 Å². The summed E-state index contributed by atoms with van der Waals surface area (Å²) in [6.07, 6.45) is 2.35. The molecule has 3 rings (SSSR count). The molecule has 0 amide bonds. The topological polar surface area (TPSA) is 74.7 Å². The number of hydrogen-bond donors (Lipinski definition) is 1. The summed E-state index contributed by atoms with van der Waals surface area (Å²) >= 11 is 1.66. The summed E-state index contributed by atoms with van der Waals surface area (Å²) in [6.45, 7) is 0.864. The van der Waals surface area contributed by atoms with E-state index in [9.17, 15) is 18.3 Å². The summed E-state index contributed by atoms with van der Waals surface area (Å²) in [6, 6.07) is 1.96. The summed E-state index contributed by atoms with van der Waals surface area (Å²) in [4.78, 5) is 12.5. The van der Waals surface area contributed by atoms with E-state index in [4.69, 9.17) is 0 Å². The highest BCUT2D eigenvalue weighted by molar-refractivity contribution is 7.89. The van der Waals surface area contributed by atoms with Crippen molar-refractivity contribution in [2.45, 2.75) is 37.5 Å². The van der Waals surface area contributed by atoms with Gasteiger partial charge in [0.25, 0.3) is 0 Å². The van der Waals surface area contributed by atoms with Gasteiger partial charge in [-0.05, 0) is 36.3 Å². The van der Waals surface area contributed by atoms with Crippen LogP contribution in [0.5, 0.6) is 0 Å². The molecule has 7 heteroatoms. The van der Waals surface area contributed by atoms with Crippen LogP contribution < -0.4 is 0 Å². The van der Waals surface area contributed by atoms with E-state index in [1.54, 1.807) is 11.3 Å². The Bertz CT molecular complexity index is 622. The largest absolute Gasteiger partial charge is 0.481 e. The standard InChI is InChI=1S/C13H17NO4S2/c15-13(16)10-2-1-3-12(10)20(17,18)14-6-4-11-9(8-14)5-7-19-11/h5,7,10,12H,1-4,6,8H2,(H,15,16). The minimum atomic E-state index is -3.52. The van der Waals surface area contributed by atoms with Crippen molar-refractivity contribution in [1.29, 1.82) is 0 Å². The Labute approximate surface area is 122 Å². The summed E-state index contributed by atoms with van der Waals surface area (Å²) in [7, 11) is -3.52. The van der Waals surface area contributed by atoms with E-state index in [1.165, 1.54) is 9.18 Å². The van der Waals surface area contributed by atoms with E-state index >= 15 is 0 Å². The zero-order chi connectivity index (χ0) is 14.3. The molecule has 1 aromatic rings. The Balaban J connectivity index is 1.84. The number of carbonyl (C=O) groups is 1. The number of nitrogens with zero attached hydrogens (tertiary/aromatic N) is 1. The van der Waals surface area contributed by atoms with Crippen LogP contribution in [0.25, 0.3) is 0 Å². The lowest BCUT2D eigenvalue weighted by Crippen LogP contribution is -2.44. The smallest absolute Gasteiger partial charge is 0.307 e. The SMILES string of the molecule is O=C(O)C1CCCC1S(=O)(=O)N1CCc2sccc2C1. The predicted molar refractivity (Wildman–Crippen MR) is 76.1 cm³/mol. The van der Waals surface area contributed by atoms with Crippen LogP contribution in [0, 0.1) is 5.92 Å². The van der Waals surface area contributed by atoms with Crippen molar-refractivity contribution in [3.05, 3.63) is 21.9 Å². The Hall–Kier alpha value is -0.920. The molecule has 1 saturated carbocycles. The van der Waals surface area contributed by atoms with E-state index in [2.05, 4.69) is 0 Å². The summed E-state index contributed by atoms with van der Waals surface area (Å²) in [5.41, 5.74) is 1.06. The average molecular weight is 315 g/mol. The van der Waals surface area contributed by atoms with Gasteiger partial charge in [-0.2, -0.15) is 4.31 Å². The van der Waals surface area contributed by atoms with Crippen LogP contribution in [0.2, 0.25) is 0 Å². The normalized spacial score (nSPS) is 27.4. The summed E-state index contributed by atoms with van der Waals surface area (Å²) < 4.78 is 26.9. The molecule has 1 fully saturated rings. The molecule has 2 atom stereocenters. The Morgan fingerprint density at radius 2 is 2.20 bits per heavy atom. The minimum Gasteiger partial charge on any atom is -0.481 e. The van der Waals surface area contributed by atoms with Crippen LogP contribution >= 0.6 is 11.3 Å². The van der Waals surface area contributed by atoms with Gasteiger partial charge < -0.3 is 5.11 Å². The van der Waals surface area contributed by atoms with E-state index in [0.717, 1.165) is 12.0 Å². The van der Waals surface area contributed by atoms with Crippen LogP contribution in [0.3, 0.4) is 0 Å². The lowest BCUT2D eigenvalue weighted by atomic mass is 10.1. The first-order chi connectivity index (χ1) is 9.50. The van der Waals surface area contributed by atoms with Gasteiger partial charge in [-0.3, -0.25) is 4.79 Å². The molecule has 0 aromatic carbocycles. The Kier molecular flexibility index (Phi) is 3.60. The summed E-state index contributed by atoms with van der Waals surface area (Å²) in [5, 5.41) is 10.4. The van der Waals surface area contributed by atoms with Crippen LogP contribution in [0.1, 0.15) is 29.7 Å². The average Bonchev–Trinajstić information content (AvgIpc) is 3.06. The lowest BCUT2D eigenvalue weighted by Gasteiger charge is -2.30. The van der Waals surface area contributed by atoms with Crippen molar-refractivity contribution in [2.75, 3.05) is 6.54 Å². The van der Waals surface area contributed by atoms with Gasteiger partial charge in [-0.15, -0.1) is 11.3 Å². The molecule has 0 spiro atoms. The van der Waals surface area contributed by atoms with E-state index in [1.807, 2.05) is 11.4 Å². The van der Waals surface area contributed by atoms with Crippen molar-refractivity contribution in [3.8, 4) is 0 Å². The zero-order valence-corrected chi connectivity index (χ0v) is 12.6. The summed E-state index contributed by atoms with van der Waals surface area (Å²) in [5.74, 6) is -1.73. The minimum absolute atomic E-state index is 0.393. The number of fused-ring (bicyclic) bond motifs is 1. The number of aliphatic carboxylic acids is 1. The van der Waals surface area contributed by atoms with Gasteiger partial charge in [-0.1, -0.05) is 6.42 Å². The molecule has 110 valence electrons. The van der Waals surface area contributed by atoms with Crippen LogP contribution in [0.4, 0.5) is 0 Å². The maximum absolute atomic E-state index is 12.7. The van der Waals surface area contributed by atoms with Gasteiger partial charge in [0.2, 0.25) is 10.0 Å². The molecule has 1 N–H and O–H groups in total. The second kappa shape index (κ2) is 5.13. The highest BCUT2D eigenvalue weighted by atomic mass is 32.2. The maximum atomic E-state index is 12.7. The Morgan fingerprint density at radius 1 is 1.40 bits per heavy atom. The second-order valence-corrected chi connectivity index (χ2v) is 8.56. The molecular weight excluding hydrogens is 298 g/mol. The highest BCUT2D eigenvalue weighted by Gasteiger charge is 2.44. The molecule has 1 aromatic heterocycles. The van der Waals surface area contributed by atoms with Gasteiger partial charge in [0.15, 0.2) is 0 Å². The molecule has 1 aliphatic carbocycles. The van der Waals surface area contributed by atoms with Gasteiger partial charge in [0, 0.05) is 18.0 Å². The fraction of sp³-hybridized carbons (Fsp3) is 0.615. The number of sulfonamides is 1. The second-order valence-electron chi connectivity index (χ2n) is 5.41. The molecule has 0 saturated heterocycles. The zero-order valence-electron chi connectivity index (χ0n) is 11.0. The first kappa shape index (κ1) is 14.0. The number of carboxylic acids is 1. The van der Waals surface area contributed by atoms with Gasteiger partial charge in [0.05, 0.1) is 11.2 Å². The van der Waals surface area contributed by atoms with E-state index in [0.29, 0.717) is 32.4 Å². The van der Waals surface area contributed by atoms with Crippen molar-refractivity contribution in [3.63, 3.8) is 0 Å². The fourth-order valence-corrected chi connectivity index (χ4v) is 6.27. The maximum Gasteiger partial charge on any atom is 0.307 e. The van der Waals surface area contributed by atoms with Crippen LogP contribution in [0.15, 0.2) is 11.4 Å². The van der Waals surface area contributed by atoms with Gasteiger partial charge in [0.1, 0.15) is 0 Å². The third-order valence-corrected chi connectivity index (χ3v) is 7.67. The third-order valence-electron chi connectivity index (χ3n) is 4.28. The van der Waals surface area contributed by atoms with Gasteiger partial charge >= 0.3 is 5.97 Å². The molecule has 2 heterocycles. The quantitative estimate of drug-likeness (QED) is 0.921. The molecule has 0 radical (unpaired) electrons.